The van der Waals surface area contributed by atoms with Gasteiger partial charge in [0.25, 0.3) is 7.51 Å². The summed E-state index contributed by atoms with van der Waals surface area (Å²) in [6.45, 7) is 7.99. The third kappa shape index (κ3) is 9.47. The number of rotatable bonds is 15. The molecule has 0 radical (unpaired) electrons. The van der Waals surface area contributed by atoms with E-state index in [1.165, 1.54) is 0 Å². The van der Waals surface area contributed by atoms with Gasteiger partial charge in [0.15, 0.2) is 0 Å². The SMILES string of the molecule is CCP(=NC1=[N+](C)CCN1C)(OCCOCCOC)OCCOCCOC. The van der Waals surface area contributed by atoms with Crippen LogP contribution in [0.25, 0.3) is 0 Å². The fraction of sp³-hybridized carbons (Fsp3) is 0.941. The molecule has 0 saturated heterocycles. The van der Waals surface area contributed by atoms with Crippen molar-refractivity contribution in [3.8, 4) is 0 Å². The molecule has 160 valence electrons. The van der Waals surface area contributed by atoms with Crippen LogP contribution < -0.4 is 0 Å². The molecule has 0 aromatic heterocycles. The molecule has 1 heterocycles. The molecule has 1 rings (SSSR count). The summed E-state index contributed by atoms with van der Waals surface area (Å²) in [5.41, 5.74) is 0. The Bertz CT molecular complexity index is 469. The minimum Gasteiger partial charge on any atom is -0.382 e. The van der Waals surface area contributed by atoms with Crippen LogP contribution in [0, 0.1) is 0 Å². The molecule has 0 bridgehead atoms. The molecule has 0 fully saturated rings. The summed E-state index contributed by atoms with van der Waals surface area (Å²) in [5.74, 6) is 0.908. The number of methoxy groups -OCH3 is 2. The molecule has 0 atom stereocenters. The second-order valence-corrected chi connectivity index (χ2v) is 8.70. The van der Waals surface area contributed by atoms with Crippen LogP contribution in [-0.4, -0.2) is 116 Å². The smallest absolute Gasteiger partial charge is 0.382 e. The summed E-state index contributed by atoms with van der Waals surface area (Å²) in [7, 11) is 4.95. The van der Waals surface area contributed by atoms with Crippen LogP contribution >= 0.6 is 7.51 Å². The standard InChI is InChI=1S/C17H37N3O6P/c1-6-27(25-15-13-23-11-9-21-4,26-16-14-24-12-10-22-5)18-17-19(2)7-8-20(17)3/h6-16H2,1-5H3/q+1. The van der Waals surface area contributed by atoms with Crippen molar-refractivity contribution < 1.29 is 32.6 Å². The van der Waals surface area contributed by atoms with Crippen molar-refractivity contribution in [1.29, 1.82) is 0 Å². The van der Waals surface area contributed by atoms with Crippen molar-refractivity contribution in [1.82, 2.24) is 4.90 Å². The van der Waals surface area contributed by atoms with Gasteiger partial charge >= 0.3 is 5.96 Å². The Hall–Kier alpha value is -0.540. The van der Waals surface area contributed by atoms with E-state index >= 15 is 0 Å². The van der Waals surface area contributed by atoms with E-state index in [-0.39, 0.29) is 0 Å². The van der Waals surface area contributed by atoms with Gasteiger partial charge in [-0.15, -0.1) is 0 Å². The van der Waals surface area contributed by atoms with E-state index in [0.29, 0.717) is 59.0 Å². The monoisotopic (exact) mass is 410 g/mol. The van der Waals surface area contributed by atoms with Crippen LogP contribution in [-0.2, 0) is 28.0 Å². The number of likely N-dealkylation sites (N-methyl/N-ethyl adjacent to an activating group) is 2. The lowest BCUT2D eigenvalue weighted by Gasteiger charge is -2.20. The minimum absolute atomic E-state index is 0.431. The largest absolute Gasteiger partial charge is 0.390 e. The van der Waals surface area contributed by atoms with Gasteiger partial charge in [-0.1, -0.05) is 6.92 Å². The molecule has 9 nitrogen and oxygen atoms in total. The van der Waals surface area contributed by atoms with Gasteiger partial charge in [0.1, 0.15) is 0 Å². The van der Waals surface area contributed by atoms with Gasteiger partial charge in [0, 0.05) is 20.4 Å². The van der Waals surface area contributed by atoms with Crippen molar-refractivity contribution in [3.05, 3.63) is 0 Å². The van der Waals surface area contributed by atoms with Crippen molar-refractivity contribution in [2.75, 3.05) is 100 Å². The van der Waals surface area contributed by atoms with Crippen LogP contribution in [0.1, 0.15) is 6.92 Å². The second-order valence-electron chi connectivity index (χ2n) is 6.07. The fourth-order valence-electron chi connectivity index (χ4n) is 2.39. The molecule has 1 aliphatic rings. The lowest BCUT2D eigenvalue weighted by molar-refractivity contribution is -0.487. The highest BCUT2D eigenvalue weighted by atomic mass is 31.2. The minimum atomic E-state index is -2.43. The van der Waals surface area contributed by atoms with Crippen molar-refractivity contribution >= 4 is 13.5 Å². The molecule has 0 amide bonds. The first kappa shape index (κ1) is 24.5. The molecule has 10 heteroatoms. The van der Waals surface area contributed by atoms with E-state index in [9.17, 15) is 0 Å². The van der Waals surface area contributed by atoms with E-state index < -0.39 is 7.51 Å². The number of guanidine groups is 1. The van der Waals surface area contributed by atoms with E-state index in [1.54, 1.807) is 14.2 Å². The van der Waals surface area contributed by atoms with Crippen LogP contribution in [0.4, 0.5) is 0 Å². The molecule has 0 spiro atoms. The lowest BCUT2D eigenvalue weighted by Crippen LogP contribution is -2.23. The third-order valence-corrected chi connectivity index (χ3v) is 6.45. The molecule has 0 aromatic rings. The maximum absolute atomic E-state index is 6.15. The average molecular weight is 410 g/mol. The molecule has 0 saturated carbocycles. The van der Waals surface area contributed by atoms with Gasteiger partial charge in [-0.2, -0.15) is 0 Å². The molecule has 27 heavy (non-hydrogen) atoms. The average Bonchev–Trinajstić information content (AvgIpc) is 2.98. The third-order valence-electron chi connectivity index (χ3n) is 4.00. The highest BCUT2D eigenvalue weighted by Gasteiger charge is 2.32. The lowest BCUT2D eigenvalue weighted by atomic mass is 10.6. The zero-order chi connectivity index (χ0) is 20.0. The molecule has 0 N–H and O–H groups in total. The van der Waals surface area contributed by atoms with Crippen molar-refractivity contribution in [3.63, 3.8) is 0 Å². The highest BCUT2D eigenvalue weighted by molar-refractivity contribution is 7.56. The van der Waals surface area contributed by atoms with Gasteiger partial charge in [0.05, 0.1) is 80.0 Å². The van der Waals surface area contributed by atoms with Crippen molar-refractivity contribution in [2.45, 2.75) is 6.92 Å². The number of nitrogens with zero attached hydrogens (tertiary/aromatic N) is 3. The van der Waals surface area contributed by atoms with E-state index in [0.717, 1.165) is 19.0 Å². The van der Waals surface area contributed by atoms with Gasteiger partial charge in [-0.05, 0) is 4.74 Å². The summed E-state index contributed by atoms with van der Waals surface area (Å²) in [5, 5.41) is 0. The Morgan fingerprint density at radius 3 is 1.85 bits per heavy atom. The number of hydrogen-bond donors (Lipinski definition) is 0. The van der Waals surface area contributed by atoms with Crippen LogP contribution in [0.2, 0.25) is 0 Å². The van der Waals surface area contributed by atoms with E-state index in [1.807, 2.05) is 21.0 Å². The van der Waals surface area contributed by atoms with E-state index in [4.69, 9.17) is 32.7 Å². The molecule has 0 aromatic carbocycles. The van der Waals surface area contributed by atoms with Gasteiger partial charge in [-0.25, -0.2) is 0 Å². The zero-order valence-electron chi connectivity index (χ0n) is 17.5. The number of hydrogen-bond acceptors (Lipinski definition) is 8. The zero-order valence-corrected chi connectivity index (χ0v) is 18.4. The summed E-state index contributed by atoms with van der Waals surface area (Å²) in [6.07, 6.45) is 0.689. The quantitative estimate of drug-likeness (QED) is 0.229. The molecular formula is C17H37N3O6P+. The number of ether oxygens (including phenoxy) is 4. The van der Waals surface area contributed by atoms with Gasteiger partial charge in [-0.3, -0.25) is 9.48 Å². The predicted molar refractivity (Wildman–Crippen MR) is 106 cm³/mol. The molecular weight excluding hydrogens is 373 g/mol. The van der Waals surface area contributed by atoms with E-state index in [2.05, 4.69) is 9.48 Å². The predicted octanol–water partition coefficient (Wildman–Crippen LogP) is 1.34. The van der Waals surface area contributed by atoms with Crippen LogP contribution in [0.3, 0.4) is 0 Å². The molecule has 0 aliphatic carbocycles. The van der Waals surface area contributed by atoms with Crippen LogP contribution in [0.5, 0.6) is 0 Å². The summed E-state index contributed by atoms with van der Waals surface area (Å²) in [4.78, 5) is 2.13. The first-order chi connectivity index (χ1) is 13.1. The molecule has 0 unspecified atom stereocenters. The normalized spacial score (nSPS) is 15.1. The maximum atomic E-state index is 6.15. The highest BCUT2D eigenvalue weighted by Crippen LogP contribution is 2.51. The Labute approximate surface area is 163 Å². The Morgan fingerprint density at radius 2 is 1.44 bits per heavy atom. The summed E-state index contributed by atoms with van der Waals surface area (Å²) >= 11 is 0. The first-order valence-electron chi connectivity index (χ1n) is 9.41. The van der Waals surface area contributed by atoms with Crippen LogP contribution in [0.15, 0.2) is 4.74 Å². The van der Waals surface area contributed by atoms with Gasteiger partial charge < -0.3 is 28.0 Å². The Balaban J connectivity index is 2.69. The fourth-order valence-corrected chi connectivity index (χ4v) is 4.39. The van der Waals surface area contributed by atoms with Crippen molar-refractivity contribution in [2.24, 2.45) is 4.74 Å². The summed E-state index contributed by atoms with van der Waals surface area (Å²) in [6, 6.07) is 0. The summed E-state index contributed by atoms with van der Waals surface area (Å²) < 4.78 is 40.3. The second kappa shape index (κ2) is 14.5. The Morgan fingerprint density at radius 1 is 0.926 bits per heavy atom. The molecule has 1 aliphatic heterocycles. The first-order valence-corrected chi connectivity index (χ1v) is 11.2. The maximum Gasteiger partial charge on any atom is 0.390 e. The topological polar surface area (TPSA) is 74.0 Å². The van der Waals surface area contributed by atoms with Gasteiger partial charge in [0.2, 0.25) is 0 Å². The Kier molecular flexibility index (Phi) is 13.1.